The van der Waals surface area contributed by atoms with Gasteiger partial charge in [0.15, 0.2) is 0 Å². The molecule has 0 fully saturated rings. The number of aromatic nitrogens is 1. The van der Waals surface area contributed by atoms with Gasteiger partial charge in [-0.1, -0.05) is 60.1 Å². The van der Waals surface area contributed by atoms with E-state index in [0.29, 0.717) is 21.6 Å². The summed E-state index contributed by atoms with van der Waals surface area (Å²) in [6, 6.07) is 21.2. The van der Waals surface area contributed by atoms with E-state index in [-0.39, 0.29) is 12.3 Å². The van der Waals surface area contributed by atoms with Gasteiger partial charge in [-0.15, -0.1) is 0 Å². The average Bonchev–Trinajstić information content (AvgIpc) is 2.76. The van der Waals surface area contributed by atoms with E-state index in [1.807, 2.05) is 54.6 Å². The summed E-state index contributed by atoms with van der Waals surface area (Å²) < 4.78 is 4.93. The Morgan fingerprint density at radius 2 is 1.60 bits per heavy atom. The zero-order valence-corrected chi connectivity index (χ0v) is 17.0. The van der Waals surface area contributed by atoms with Crippen LogP contribution in [0.15, 0.2) is 72.8 Å². The number of amides is 1. The average molecular weight is 419 g/mol. The first-order valence-corrected chi connectivity index (χ1v) is 9.85. The van der Waals surface area contributed by atoms with E-state index in [1.165, 1.54) is 7.11 Å². The summed E-state index contributed by atoms with van der Waals surface area (Å²) in [4.78, 5) is 30.4. The summed E-state index contributed by atoms with van der Waals surface area (Å²) in [5.41, 5.74) is 2.73. The first kappa shape index (κ1) is 19.9. The van der Waals surface area contributed by atoms with Crippen molar-refractivity contribution in [1.29, 1.82) is 0 Å². The number of nitrogens with one attached hydrogen (secondary N) is 1. The van der Waals surface area contributed by atoms with Gasteiger partial charge in [0.25, 0.3) is 5.91 Å². The number of esters is 1. The van der Waals surface area contributed by atoms with Crippen LogP contribution in [0.4, 0.5) is 0 Å². The first-order chi connectivity index (χ1) is 14.6. The van der Waals surface area contributed by atoms with Crippen LogP contribution in [-0.4, -0.2) is 30.0 Å². The largest absolute Gasteiger partial charge is 0.467 e. The van der Waals surface area contributed by atoms with Crippen LogP contribution in [0.5, 0.6) is 0 Å². The smallest absolute Gasteiger partial charge is 0.328 e. The molecular weight excluding hydrogens is 400 g/mol. The number of halogens is 1. The van der Waals surface area contributed by atoms with Gasteiger partial charge in [0.1, 0.15) is 6.04 Å². The number of fused-ring (bicyclic) bond motifs is 2. The third-order valence-electron chi connectivity index (χ3n) is 4.93. The lowest BCUT2D eigenvalue weighted by atomic mass is 10.0. The molecule has 1 amide bonds. The van der Waals surface area contributed by atoms with Gasteiger partial charge >= 0.3 is 5.97 Å². The summed E-state index contributed by atoms with van der Waals surface area (Å²) in [6.07, 6.45) is 0.264. The van der Waals surface area contributed by atoms with Crippen LogP contribution in [0.25, 0.3) is 21.8 Å². The SMILES string of the molecule is COC(=O)[C@@H](Cc1cccc(Cl)c1)NC(=O)c1c2ccccc2nc2ccccc12. The number of methoxy groups -OCH3 is 1. The molecule has 3 aromatic carbocycles. The van der Waals surface area contributed by atoms with Crippen LogP contribution >= 0.6 is 11.6 Å². The molecule has 0 aliphatic heterocycles. The molecule has 0 aliphatic rings. The molecule has 5 nitrogen and oxygen atoms in total. The van der Waals surface area contributed by atoms with Crippen molar-refractivity contribution in [3.05, 3.63) is 88.9 Å². The van der Waals surface area contributed by atoms with Crippen molar-refractivity contribution in [2.24, 2.45) is 0 Å². The van der Waals surface area contributed by atoms with Gasteiger partial charge in [0.05, 0.1) is 23.7 Å². The lowest BCUT2D eigenvalue weighted by Gasteiger charge is -2.18. The predicted molar refractivity (Wildman–Crippen MR) is 118 cm³/mol. The van der Waals surface area contributed by atoms with Crippen molar-refractivity contribution in [3.8, 4) is 0 Å². The zero-order valence-electron chi connectivity index (χ0n) is 16.3. The Kier molecular flexibility index (Phi) is 5.63. The van der Waals surface area contributed by atoms with Crippen LogP contribution < -0.4 is 5.32 Å². The molecule has 0 saturated carbocycles. The van der Waals surface area contributed by atoms with Gasteiger partial charge in [0.2, 0.25) is 0 Å². The van der Waals surface area contributed by atoms with Crippen molar-refractivity contribution in [2.75, 3.05) is 7.11 Å². The Labute approximate surface area is 178 Å². The monoisotopic (exact) mass is 418 g/mol. The van der Waals surface area contributed by atoms with E-state index < -0.39 is 12.0 Å². The molecule has 1 aromatic heterocycles. The number of carbonyl (C=O) groups is 2. The number of hydrogen-bond acceptors (Lipinski definition) is 4. The highest BCUT2D eigenvalue weighted by atomic mass is 35.5. The second-order valence-electron chi connectivity index (χ2n) is 6.90. The van der Waals surface area contributed by atoms with Crippen molar-refractivity contribution in [3.63, 3.8) is 0 Å². The second kappa shape index (κ2) is 8.51. The summed E-state index contributed by atoms with van der Waals surface area (Å²) in [5.74, 6) is -0.881. The van der Waals surface area contributed by atoms with Gasteiger partial charge in [-0.2, -0.15) is 0 Å². The van der Waals surface area contributed by atoms with Crippen molar-refractivity contribution < 1.29 is 14.3 Å². The Bertz CT molecular complexity index is 1200. The zero-order chi connectivity index (χ0) is 21.1. The summed E-state index contributed by atoms with van der Waals surface area (Å²) >= 11 is 6.06. The number of benzene rings is 3. The van der Waals surface area contributed by atoms with E-state index in [1.54, 1.807) is 18.2 Å². The molecule has 1 heterocycles. The minimum Gasteiger partial charge on any atom is -0.467 e. The maximum Gasteiger partial charge on any atom is 0.328 e. The number of pyridine rings is 1. The number of para-hydroxylation sites is 2. The lowest BCUT2D eigenvalue weighted by molar-refractivity contribution is -0.142. The van der Waals surface area contributed by atoms with E-state index in [4.69, 9.17) is 16.3 Å². The highest BCUT2D eigenvalue weighted by Crippen LogP contribution is 2.26. The van der Waals surface area contributed by atoms with Crippen LogP contribution in [0.2, 0.25) is 5.02 Å². The maximum atomic E-state index is 13.4. The van der Waals surface area contributed by atoms with Gasteiger partial charge < -0.3 is 10.1 Å². The molecule has 4 aromatic rings. The van der Waals surface area contributed by atoms with Crippen molar-refractivity contribution in [1.82, 2.24) is 10.3 Å². The highest BCUT2D eigenvalue weighted by Gasteiger charge is 2.25. The molecule has 150 valence electrons. The topological polar surface area (TPSA) is 68.3 Å². The molecule has 0 bridgehead atoms. The Balaban J connectivity index is 1.75. The molecule has 0 radical (unpaired) electrons. The minimum atomic E-state index is -0.855. The molecular formula is C24H19ClN2O3. The van der Waals surface area contributed by atoms with Gasteiger partial charge in [0, 0.05) is 22.2 Å². The number of rotatable bonds is 5. The van der Waals surface area contributed by atoms with Gasteiger partial charge in [-0.25, -0.2) is 9.78 Å². The van der Waals surface area contributed by atoms with Crippen molar-refractivity contribution >= 4 is 45.3 Å². The molecule has 1 atom stereocenters. The highest BCUT2D eigenvalue weighted by molar-refractivity contribution is 6.30. The molecule has 6 heteroatoms. The molecule has 1 N–H and O–H groups in total. The summed E-state index contributed by atoms with van der Waals surface area (Å²) in [5, 5.41) is 4.86. The summed E-state index contributed by atoms with van der Waals surface area (Å²) in [6.45, 7) is 0. The van der Waals surface area contributed by atoms with Crippen LogP contribution in [0, 0.1) is 0 Å². The minimum absolute atomic E-state index is 0.264. The quantitative estimate of drug-likeness (QED) is 0.381. The Morgan fingerprint density at radius 1 is 0.967 bits per heavy atom. The third-order valence-corrected chi connectivity index (χ3v) is 5.17. The van der Waals surface area contributed by atoms with Crippen molar-refractivity contribution in [2.45, 2.75) is 12.5 Å². The van der Waals surface area contributed by atoms with E-state index in [0.717, 1.165) is 16.3 Å². The third kappa shape index (κ3) is 3.98. The Morgan fingerprint density at radius 3 is 2.20 bits per heavy atom. The first-order valence-electron chi connectivity index (χ1n) is 9.47. The van der Waals surface area contributed by atoms with Crippen LogP contribution in [0.3, 0.4) is 0 Å². The normalized spacial score (nSPS) is 11.9. The Hall–Kier alpha value is -3.44. The van der Waals surface area contributed by atoms with Crippen LogP contribution in [0.1, 0.15) is 15.9 Å². The maximum absolute atomic E-state index is 13.4. The number of ether oxygens (including phenoxy) is 1. The molecule has 0 aliphatic carbocycles. The van der Waals surface area contributed by atoms with E-state index in [9.17, 15) is 9.59 Å². The van der Waals surface area contributed by atoms with Gasteiger partial charge in [-0.3, -0.25) is 4.79 Å². The molecule has 4 rings (SSSR count). The lowest BCUT2D eigenvalue weighted by Crippen LogP contribution is -2.43. The van der Waals surface area contributed by atoms with Crippen LogP contribution in [-0.2, 0) is 16.0 Å². The fraction of sp³-hybridized carbons (Fsp3) is 0.125. The molecule has 30 heavy (non-hydrogen) atoms. The molecule has 0 unspecified atom stereocenters. The van der Waals surface area contributed by atoms with E-state index in [2.05, 4.69) is 10.3 Å². The standard InChI is InChI=1S/C24H19ClN2O3/c1-30-24(29)21(14-15-7-6-8-16(25)13-15)27-23(28)22-17-9-2-4-11-19(17)26-20-12-5-3-10-18(20)22/h2-13,21H,14H2,1H3,(H,27,28)/t21-/m1/s1. The fourth-order valence-corrected chi connectivity index (χ4v) is 3.76. The van der Waals surface area contributed by atoms with Gasteiger partial charge in [-0.05, 0) is 29.8 Å². The number of hydrogen-bond donors (Lipinski definition) is 1. The number of nitrogens with zero attached hydrogens (tertiary/aromatic N) is 1. The number of carbonyl (C=O) groups excluding carboxylic acids is 2. The molecule has 0 spiro atoms. The molecule has 0 saturated heterocycles. The fourth-order valence-electron chi connectivity index (χ4n) is 3.55. The van der Waals surface area contributed by atoms with E-state index >= 15 is 0 Å². The summed E-state index contributed by atoms with van der Waals surface area (Å²) in [7, 11) is 1.30. The predicted octanol–water partition coefficient (Wildman–Crippen LogP) is 4.56. The second-order valence-corrected chi connectivity index (χ2v) is 7.34.